The zero-order valence-corrected chi connectivity index (χ0v) is 19.3. The summed E-state index contributed by atoms with van der Waals surface area (Å²) < 4.78 is 0. The van der Waals surface area contributed by atoms with Gasteiger partial charge < -0.3 is 16.0 Å². The quantitative estimate of drug-likeness (QED) is 0.360. The summed E-state index contributed by atoms with van der Waals surface area (Å²) in [4.78, 5) is 8.34. The molecule has 4 N–H and O–H groups in total. The third-order valence-electron chi connectivity index (χ3n) is 7.94. The second-order valence-corrected chi connectivity index (χ2v) is 9.87. The molecule has 168 valence electrons. The van der Waals surface area contributed by atoms with Gasteiger partial charge in [-0.3, -0.25) is 0 Å². The number of hydrogen-bond acceptors (Lipinski definition) is 3. The van der Waals surface area contributed by atoms with Gasteiger partial charge in [0, 0.05) is 35.1 Å². The molecule has 0 saturated heterocycles. The number of aromatic amines is 1. The van der Waals surface area contributed by atoms with E-state index in [4.69, 9.17) is 10.7 Å². The Bertz CT molecular complexity index is 1290. The molecule has 2 aliphatic rings. The summed E-state index contributed by atoms with van der Waals surface area (Å²) in [5, 5.41) is 4.93. The number of nitrogens with one attached hydrogen (secondary N) is 2. The first kappa shape index (κ1) is 20.5. The Morgan fingerprint density at radius 2 is 1.85 bits per heavy atom. The number of hydrogen-bond donors (Lipinski definition) is 3. The first-order valence-electron chi connectivity index (χ1n) is 12.3. The molecule has 0 radical (unpaired) electrons. The van der Waals surface area contributed by atoms with Gasteiger partial charge in [-0.05, 0) is 72.4 Å². The standard InChI is InChI=1S/C29H32N4/c1-2-24-26(25-13-14-31-27(25)33-28(24)32-23-11-6-12-23)19-9-5-10-22(15-19)29(18-30)16-20-7-3-4-8-21(20)17-29/h3-5,7-10,13-15,23H,2,6,11-12,16-18,30H2,1H3,(H2,31,32,33). The van der Waals surface area contributed by atoms with Gasteiger partial charge in [0.1, 0.15) is 11.5 Å². The van der Waals surface area contributed by atoms with E-state index < -0.39 is 0 Å². The van der Waals surface area contributed by atoms with Crippen LogP contribution in [0.4, 0.5) is 5.82 Å². The molecule has 0 spiro atoms. The summed E-state index contributed by atoms with van der Waals surface area (Å²) in [5.41, 5.74) is 15.5. The largest absolute Gasteiger partial charge is 0.367 e. The maximum absolute atomic E-state index is 6.47. The number of aromatic nitrogens is 2. The Labute approximate surface area is 195 Å². The second kappa shape index (κ2) is 8.03. The average molecular weight is 437 g/mol. The van der Waals surface area contributed by atoms with Crippen molar-refractivity contribution in [3.63, 3.8) is 0 Å². The van der Waals surface area contributed by atoms with Gasteiger partial charge in [-0.15, -0.1) is 0 Å². The zero-order valence-electron chi connectivity index (χ0n) is 19.3. The minimum atomic E-state index is -0.0383. The molecule has 0 bridgehead atoms. The topological polar surface area (TPSA) is 66.7 Å². The van der Waals surface area contributed by atoms with Crippen molar-refractivity contribution >= 4 is 16.9 Å². The Morgan fingerprint density at radius 1 is 1.06 bits per heavy atom. The van der Waals surface area contributed by atoms with E-state index in [1.165, 1.54) is 58.0 Å². The molecule has 0 atom stereocenters. The molecule has 0 amide bonds. The van der Waals surface area contributed by atoms with Gasteiger partial charge in [-0.2, -0.15) is 0 Å². The molecule has 2 heterocycles. The summed E-state index contributed by atoms with van der Waals surface area (Å²) in [6.07, 6.45) is 8.74. The molecule has 2 aliphatic carbocycles. The molecule has 2 aromatic heterocycles. The maximum Gasteiger partial charge on any atom is 0.140 e. The Balaban J connectivity index is 1.48. The number of benzene rings is 2. The SMILES string of the molecule is CCc1c(NC2CCC2)nc2[nH]ccc2c1-c1cccc(C2(CN)Cc3ccccc3C2)c1. The van der Waals surface area contributed by atoms with Gasteiger partial charge >= 0.3 is 0 Å². The highest BCUT2D eigenvalue weighted by atomic mass is 15.0. The molecule has 2 aromatic carbocycles. The van der Waals surface area contributed by atoms with Gasteiger partial charge in [0.2, 0.25) is 0 Å². The fourth-order valence-corrected chi connectivity index (χ4v) is 5.82. The number of rotatable bonds is 6. The smallest absolute Gasteiger partial charge is 0.140 e. The first-order valence-corrected chi connectivity index (χ1v) is 12.3. The Morgan fingerprint density at radius 3 is 2.52 bits per heavy atom. The molecule has 4 aromatic rings. The van der Waals surface area contributed by atoms with E-state index in [1.54, 1.807) is 0 Å². The van der Waals surface area contributed by atoms with E-state index in [0.29, 0.717) is 12.6 Å². The van der Waals surface area contributed by atoms with Crippen molar-refractivity contribution in [2.45, 2.75) is 56.9 Å². The van der Waals surface area contributed by atoms with Crippen LogP contribution in [0.5, 0.6) is 0 Å². The van der Waals surface area contributed by atoms with E-state index >= 15 is 0 Å². The lowest BCUT2D eigenvalue weighted by atomic mass is 9.76. The van der Waals surface area contributed by atoms with Crippen LogP contribution in [-0.4, -0.2) is 22.6 Å². The van der Waals surface area contributed by atoms with Crippen LogP contribution < -0.4 is 11.1 Å². The molecule has 33 heavy (non-hydrogen) atoms. The number of H-pyrrole nitrogens is 1. The highest BCUT2D eigenvalue weighted by molar-refractivity contribution is 5.97. The summed E-state index contributed by atoms with van der Waals surface area (Å²) in [6.45, 7) is 2.89. The zero-order chi connectivity index (χ0) is 22.4. The molecule has 1 saturated carbocycles. The lowest BCUT2D eigenvalue weighted by molar-refractivity contribution is 0.444. The van der Waals surface area contributed by atoms with Crippen LogP contribution in [0.2, 0.25) is 0 Å². The van der Waals surface area contributed by atoms with Crippen LogP contribution in [0, 0.1) is 0 Å². The van der Waals surface area contributed by atoms with E-state index in [1.807, 2.05) is 6.20 Å². The van der Waals surface area contributed by atoms with Gasteiger partial charge in [0.15, 0.2) is 0 Å². The summed E-state index contributed by atoms with van der Waals surface area (Å²) >= 11 is 0. The molecular weight excluding hydrogens is 404 g/mol. The fourth-order valence-electron chi connectivity index (χ4n) is 5.82. The molecule has 4 nitrogen and oxygen atoms in total. The van der Waals surface area contributed by atoms with Crippen LogP contribution in [0.25, 0.3) is 22.2 Å². The molecule has 0 unspecified atom stereocenters. The molecular formula is C29H32N4. The van der Waals surface area contributed by atoms with Crippen LogP contribution in [0.3, 0.4) is 0 Å². The second-order valence-electron chi connectivity index (χ2n) is 9.87. The van der Waals surface area contributed by atoms with Crippen molar-refractivity contribution in [2.75, 3.05) is 11.9 Å². The third-order valence-corrected chi connectivity index (χ3v) is 7.94. The highest BCUT2D eigenvalue weighted by Gasteiger charge is 2.37. The number of pyridine rings is 1. The maximum atomic E-state index is 6.47. The van der Waals surface area contributed by atoms with Crippen molar-refractivity contribution in [1.82, 2.24) is 9.97 Å². The van der Waals surface area contributed by atoms with E-state index in [9.17, 15) is 0 Å². The van der Waals surface area contributed by atoms with Crippen LogP contribution in [-0.2, 0) is 24.7 Å². The van der Waals surface area contributed by atoms with Crippen molar-refractivity contribution in [3.8, 4) is 11.1 Å². The van der Waals surface area contributed by atoms with Crippen molar-refractivity contribution in [2.24, 2.45) is 5.73 Å². The van der Waals surface area contributed by atoms with Crippen LogP contribution in [0.1, 0.15) is 48.4 Å². The summed E-state index contributed by atoms with van der Waals surface area (Å²) in [7, 11) is 0. The molecule has 4 heteroatoms. The minimum absolute atomic E-state index is 0.0383. The Kier molecular flexibility index (Phi) is 4.99. The average Bonchev–Trinajstić information content (AvgIpc) is 3.45. The van der Waals surface area contributed by atoms with Crippen LogP contribution >= 0.6 is 0 Å². The number of anilines is 1. The van der Waals surface area contributed by atoms with E-state index in [-0.39, 0.29) is 5.41 Å². The van der Waals surface area contributed by atoms with Gasteiger partial charge in [-0.25, -0.2) is 4.98 Å². The van der Waals surface area contributed by atoms with E-state index in [0.717, 1.165) is 30.7 Å². The number of fused-ring (bicyclic) bond motifs is 2. The molecule has 0 aliphatic heterocycles. The Hall–Kier alpha value is -3.11. The molecule has 6 rings (SSSR count). The number of nitrogens with two attached hydrogens (primary N) is 1. The lowest BCUT2D eigenvalue weighted by Crippen LogP contribution is -2.36. The first-order chi connectivity index (χ1) is 16.2. The predicted molar refractivity (Wildman–Crippen MR) is 137 cm³/mol. The molecule has 1 fully saturated rings. The summed E-state index contributed by atoms with van der Waals surface area (Å²) in [5.74, 6) is 1.04. The normalized spacial score (nSPS) is 17.2. The summed E-state index contributed by atoms with van der Waals surface area (Å²) in [6, 6.07) is 20.7. The lowest BCUT2D eigenvalue weighted by Gasteiger charge is -2.30. The minimum Gasteiger partial charge on any atom is -0.367 e. The fraction of sp³-hybridized carbons (Fsp3) is 0.345. The highest BCUT2D eigenvalue weighted by Crippen LogP contribution is 2.42. The van der Waals surface area contributed by atoms with Gasteiger partial charge in [-0.1, -0.05) is 55.5 Å². The van der Waals surface area contributed by atoms with Gasteiger partial charge in [0.05, 0.1) is 0 Å². The van der Waals surface area contributed by atoms with E-state index in [2.05, 4.69) is 71.8 Å². The van der Waals surface area contributed by atoms with Gasteiger partial charge in [0.25, 0.3) is 0 Å². The van der Waals surface area contributed by atoms with Crippen molar-refractivity contribution in [3.05, 3.63) is 83.0 Å². The van der Waals surface area contributed by atoms with Crippen LogP contribution in [0.15, 0.2) is 60.8 Å². The monoisotopic (exact) mass is 436 g/mol. The predicted octanol–water partition coefficient (Wildman–Crippen LogP) is 5.75. The van der Waals surface area contributed by atoms with Crippen molar-refractivity contribution < 1.29 is 0 Å². The van der Waals surface area contributed by atoms with Crippen molar-refractivity contribution in [1.29, 1.82) is 0 Å². The number of nitrogens with zero attached hydrogens (tertiary/aromatic N) is 1. The third kappa shape index (κ3) is 3.36.